The SMILES string of the molecule is CC(C)(CCC(=O)O)NC(=O)c1cccc(OCc2ccccc2)c1. The second kappa shape index (κ2) is 8.33. The Hall–Kier alpha value is -2.82. The maximum Gasteiger partial charge on any atom is 0.303 e. The van der Waals surface area contributed by atoms with Gasteiger partial charge < -0.3 is 15.2 Å². The molecular weight excluding hydrogens is 318 g/mol. The van der Waals surface area contributed by atoms with Crippen LogP contribution in [0.3, 0.4) is 0 Å². The van der Waals surface area contributed by atoms with Crippen molar-refractivity contribution >= 4 is 11.9 Å². The molecule has 0 aliphatic rings. The summed E-state index contributed by atoms with van der Waals surface area (Å²) >= 11 is 0. The maximum atomic E-state index is 12.4. The molecule has 1 amide bonds. The Morgan fingerprint density at radius 3 is 2.48 bits per heavy atom. The number of nitrogens with one attached hydrogen (secondary N) is 1. The van der Waals surface area contributed by atoms with Gasteiger partial charge in [-0.1, -0.05) is 36.4 Å². The zero-order chi connectivity index (χ0) is 18.3. The van der Waals surface area contributed by atoms with Gasteiger partial charge in [0.25, 0.3) is 5.91 Å². The van der Waals surface area contributed by atoms with Crippen molar-refractivity contribution < 1.29 is 19.4 Å². The molecule has 0 atom stereocenters. The summed E-state index contributed by atoms with van der Waals surface area (Å²) in [6.45, 7) is 4.04. The van der Waals surface area contributed by atoms with Crippen LogP contribution in [0.4, 0.5) is 0 Å². The van der Waals surface area contributed by atoms with Gasteiger partial charge in [-0.25, -0.2) is 0 Å². The lowest BCUT2D eigenvalue weighted by Crippen LogP contribution is -2.43. The number of ether oxygens (including phenoxy) is 1. The summed E-state index contributed by atoms with van der Waals surface area (Å²) in [6.07, 6.45) is 0.367. The van der Waals surface area contributed by atoms with E-state index >= 15 is 0 Å². The Balaban J connectivity index is 1.97. The van der Waals surface area contributed by atoms with Crippen LogP contribution >= 0.6 is 0 Å². The summed E-state index contributed by atoms with van der Waals surface area (Å²) in [4.78, 5) is 23.1. The smallest absolute Gasteiger partial charge is 0.303 e. The minimum absolute atomic E-state index is 0.00745. The molecule has 5 nitrogen and oxygen atoms in total. The van der Waals surface area contributed by atoms with Crippen LogP contribution in [0.1, 0.15) is 42.6 Å². The summed E-state index contributed by atoms with van der Waals surface area (Å²) in [5, 5.41) is 11.7. The van der Waals surface area contributed by atoms with Crippen LogP contribution in [0.25, 0.3) is 0 Å². The van der Waals surface area contributed by atoms with Gasteiger partial charge in [-0.05, 0) is 44.0 Å². The Morgan fingerprint density at radius 2 is 1.80 bits per heavy atom. The maximum absolute atomic E-state index is 12.4. The molecular formula is C20H23NO4. The van der Waals surface area contributed by atoms with Crippen molar-refractivity contribution in [2.24, 2.45) is 0 Å². The minimum Gasteiger partial charge on any atom is -0.489 e. The highest BCUT2D eigenvalue weighted by atomic mass is 16.5. The fraction of sp³-hybridized carbons (Fsp3) is 0.300. The molecule has 0 aliphatic carbocycles. The summed E-state index contributed by atoms with van der Waals surface area (Å²) in [7, 11) is 0. The molecule has 2 rings (SSSR count). The van der Waals surface area contributed by atoms with Gasteiger partial charge in [0.05, 0.1) is 0 Å². The molecule has 2 aromatic rings. The number of benzene rings is 2. The number of hydrogen-bond donors (Lipinski definition) is 2. The monoisotopic (exact) mass is 341 g/mol. The van der Waals surface area contributed by atoms with Crippen molar-refractivity contribution in [3.63, 3.8) is 0 Å². The third-order valence-electron chi connectivity index (χ3n) is 3.76. The summed E-state index contributed by atoms with van der Waals surface area (Å²) < 4.78 is 5.73. The first-order valence-electron chi connectivity index (χ1n) is 8.17. The number of carbonyl (C=O) groups excluding carboxylic acids is 1. The standard InChI is InChI=1S/C20H23NO4/c1-20(2,12-11-18(22)23)21-19(24)16-9-6-10-17(13-16)25-14-15-7-4-3-5-8-15/h3-10,13H,11-12,14H2,1-2H3,(H,21,24)(H,22,23). The first-order valence-corrected chi connectivity index (χ1v) is 8.17. The van der Waals surface area contributed by atoms with E-state index in [9.17, 15) is 9.59 Å². The second-order valence-electron chi connectivity index (χ2n) is 6.53. The van der Waals surface area contributed by atoms with E-state index in [-0.39, 0.29) is 12.3 Å². The Kier molecular flexibility index (Phi) is 6.17. The molecule has 0 saturated heterocycles. The first-order chi connectivity index (χ1) is 11.9. The molecule has 0 radical (unpaired) electrons. The van der Waals surface area contributed by atoms with Gasteiger partial charge in [0.2, 0.25) is 0 Å². The van der Waals surface area contributed by atoms with Crippen LogP contribution in [0.5, 0.6) is 5.75 Å². The molecule has 0 heterocycles. The number of aliphatic carboxylic acids is 1. The minimum atomic E-state index is -0.876. The van der Waals surface area contributed by atoms with Crippen molar-refractivity contribution in [3.05, 3.63) is 65.7 Å². The summed E-state index contributed by atoms with van der Waals surface area (Å²) in [5.74, 6) is -0.515. The fourth-order valence-corrected chi connectivity index (χ4v) is 2.33. The highest BCUT2D eigenvalue weighted by Gasteiger charge is 2.22. The van der Waals surface area contributed by atoms with Crippen molar-refractivity contribution in [1.82, 2.24) is 5.32 Å². The lowest BCUT2D eigenvalue weighted by atomic mass is 9.97. The van der Waals surface area contributed by atoms with Gasteiger partial charge >= 0.3 is 5.97 Å². The van der Waals surface area contributed by atoms with E-state index in [1.54, 1.807) is 24.3 Å². The van der Waals surface area contributed by atoms with Gasteiger partial charge in [0.15, 0.2) is 0 Å². The lowest BCUT2D eigenvalue weighted by Gasteiger charge is -2.25. The topological polar surface area (TPSA) is 75.6 Å². The number of carbonyl (C=O) groups is 2. The van der Waals surface area contributed by atoms with Crippen LogP contribution in [0.15, 0.2) is 54.6 Å². The Morgan fingerprint density at radius 1 is 1.08 bits per heavy atom. The number of carboxylic acid groups (broad SMARTS) is 1. The molecule has 5 heteroatoms. The molecule has 132 valence electrons. The van der Waals surface area contributed by atoms with Crippen LogP contribution < -0.4 is 10.1 Å². The van der Waals surface area contributed by atoms with E-state index in [0.717, 1.165) is 5.56 Å². The molecule has 0 aromatic heterocycles. The van der Waals surface area contributed by atoms with E-state index in [1.807, 2.05) is 44.2 Å². The number of amides is 1. The molecule has 2 N–H and O–H groups in total. The van der Waals surface area contributed by atoms with E-state index in [2.05, 4.69) is 5.32 Å². The van der Waals surface area contributed by atoms with Crippen LogP contribution in [-0.2, 0) is 11.4 Å². The van der Waals surface area contributed by atoms with Gasteiger partial charge in [0.1, 0.15) is 12.4 Å². The summed E-state index contributed by atoms with van der Waals surface area (Å²) in [5.41, 5.74) is 0.928. The molecule has 0 unspecified atom stereocenters. The van der Waals surface area contributed by atoms with Gasteiger partial charge in [-0.15, -0.1) is 0 Å². The fourth-order valence-electron chi connectivity index (χ4n) is 2.33. The van der Waals surface area contributed by atoms with E-state index < -0.39 is 11.5 Å². The Bertz CT molecular complexity index is 725. The normalized spacial score (nSPS) is 11.0. The number of rotatable bonds is 8. The average Bonchev–Trinajstić information content (AvgIpc) is 2.59. The third-order valence-corrected chi connectivity index (χ3v) is 3.76. The first kappa shape index (κ1) is 18.5. The van der Waals surface area contributed by atoms with Crippen LogP contribution in [0, 0.1) is 0 Å². The zero-order valence-corrected chi connectivity index (χ0v) is 14.5. The summed E-state index contributed by atoms with van der Waals surface area (Å²) in [6, 6.07) is 16.7. The predicted octanol–water partition coefficient (Wildman–Crippen LogP) is 3.64. The second-order valence-corrected chi connectivity index (χ2v) is 6.53. The van der Waals surface area contributed by atoms with Crippen molar-refractivity contribution in [3.8, 4) is 5.75 Å². The van der Waals surface area contributed by atoms with Gasteiger partial charge in [-0.2, -0.15) is 0 Å². The number of carboxylic acids is 1. The quantitative estimate of drug-likeness (QED) is 0.769. The number of hydrogen-bond acceptors (Lipinski definition) is 3. The van der Waals surface area contributed by atoms with Crippen LogP contribution in [0.2, 0.25) is 0 Å². The van der Waals surface area contributed by atoms with E-state index in [1.165, 1.54) is 0 Å². The molecule has 2 aromatic carbocycles. The van der Waals surface area contributed by atoms with Gasteiger partial charge in [-0.3, -0.25) is 9.59 Å². The van der Waals surface area contributed by atoms with Crippen molar-refractivity contribution in [2.75, 3.05) is 0 Å². The molecule has 0 fully saturated rings. The Labute approximate surface area is 147 Å². The van der Waals surface area contributed by atoms with E-state index in [4.69, 9.17) is 9.84 Å². The zero-order valence-electron chi connectivity index (χ0n) is 14.5. The molecule has 0 bridgehead atoms. The molecule has 0 saturated carbocycles. The van der Waals surface area contributed by atoms with Crippen LogP contribution in [-0.4, -0.2) is 22.5 Å². The van der Waals surface area contributed by atoms with Crippen molar-refractivity contribution in [2.45, 2.75) is 38.8 Å². The lowest BCUT2D eigenvalue weighted by molar-refractivity contribution is -0.137. The largest absolute Gasteiger partial charge is 0.489 e. The predicted molar refractivity (Wildman–Crippen MR) is 95.6 cm³/mol. The van der Waals surface area contributed by atoms with Crippen molar-refractivity contribution in [1.29, 1.82) is 0 Å². The highest BCUT2D eigenvalue weighted by Crippen LogP contribution is 2.17. The van der Waals surface area contributed by atoms with Gasteiger partial charge in [0, 0.05) is 17.5 Å². The highest BCUT2D eigenvalue weighted by molar-refractivity contribution is 5.95. The molecule has 25 heavy (non-hydrogen) atoms. The van der Waals surface area contributed by atoms with E-state index in [0.29, 0.717) is 24.3 Å². The molecule has 0 aliphatic heterocycles. The average molecular weight is 341 g/mol. The third kappa shape index (κ3) is 6.30. The molecule has 0 spiro atoms.